The maximum absolute atomic E-state index is 10.8. The average molecular weight is 361 g/mol. The van der Waals surface area contributed by atoms with E-state index < -0.39 is 6.10 Å². The lowest BCUT2D eigenvalue weighted by atomic mass is 9.89. The molecule has 4 nitrogen and oxygen atoms in total. The third-order valence-electron chi connectivity index (χ3n) is 4.86. The molecule has 134 valence electrons. The Bertz CT molecular complexity index is 668. The van der Waals surface area contributed by atoms with Crippen molar-refractivity contribution in [3.63, 3.8) is 0 Å². The molecule has 1 fully saturated rings. The fraction of sp³-hybridized carbons (Fsp3) is 0.450. The van der Waals surface area contributed by atoms with Crippen LogP contribution < -0.4 is 4.74 Å². The Morgan fingerprint density at radius 3 is 2.88 bits per heavy atom. The molecule has 3 atom stereocenters. The van der Waals surface area contributed by atoms with E-state index in [2.05, 4.69) is 16.9 Å². The number of benzene rings is 1. The second-order valence-electron chi connectivity index (χ2n) is 6.65. The first-order chi connectivity index (χ1) is 12.1. The van der Waals surface area contributed by atoms with Gasteiger partial charge in [-0.2, -0.15) is 0 Å². The zero-order valence-corrected chi connectivity index (χ0v) is 15.3. The molecule has 0 radical (unpaired) electrons. The van der Waals surface area contributed by atoms with Crippen LogP contribution in [0.1, 0.15) is 25.0 Å². The van der Waals surface area contributed by atoms with E-state index in [4.69, 9.17) is 16.3 Å². The number of halogens is 1. The van der Waals surface area contributed by atoms with Gasteiger partial charge in [-0.15, -0.1) is 0 Å². The first-order valence-electron chi connectivity index (χ1n) is 8.84. The third kappa shape index (κ3) is 4.94. The van der Waals surface area contributed by atoms with Crippen LogP contribution in [-0.4, -0.2) is 46.8 Å². The summed E-state index contributed by atoms with van der Waals surface area (Å²) in [5, 5.41) is 11.5. The molecule has 0 aliphatic heterocycles. The summed E-state index contributed by atoms with van der Waals surface area (Å²) in [5.74, 6) is 0.716. The Labute approximate surface area is 154 Å². The lowest BCUT2D eigenvalue weighted by Crippen LogP contribution is -2.52. The molecule has 1 N–H and O–H groups in total. The van der Waals surface area contributed by atoms with E-state index in [1.807, 2.05) is 42.6 Å². The summed E-state index contributed by atoms with van der Waals surface area (Å²) in [5.41, 5.74) is 1.08. The van der Waals surface area contributed by atoms with Gasteiger partial charge in [-0.1, -0.05) is 23.7 Å². The summed E-state index contributed by atoms with van der Waals surface area (Å²) in [6.45, 7) is 0.864. The largest absolute Gasteiger partial charge is 0.488 e. The molecule has 0 spiro atoms. The van der Waals surface area contributed by atoms with E-state index in [9.17, 15) is 5.11 Å². The fourth-order valence-electron chi connectivity index (χ4n) is 3.45. The Hall–Kier alpha value is -1.62. The predicted molar refractivity (Wildman–Crippen MR) is 100 cm³/mol. The molecule has 1 aromatic carbocycles. The smallest absolute Gasteiger partial charge is 0.126 e. The van der Waals surface area contributed by atoms with Gasteiger partial charge in [0.2, 0.25) is 0 Å². The van der Waals surface area contributed by atoms with Crippen LogP contribution in [0.25, 0.3) is 0 Å². The number of ether oxygens (including phenoxy) is 1. The molecule has 5 heteroatoms. The van der Waals surface area contributed by atoms with Gasteiger partial charge in [0.25, 0.3) is 0 Å². The molecular formula is C20H25ClN2O2. The number of hydrogen-bond acceptors (Lipinski definition) is 4. The van der Waals surface area contributed by atoms with Crippen molar-refractivity contribution in [2.24, 2.45) is 0 Å². The lowest BCUT2D eigenvalue weighted by molar-refractivity contribution is -0.0470. The fourth-order valence-corrected chi connectivity index (χ4v) is 3.63. The van der Waals surface area contributed by atoms with Crippen molar-refractivity contribution in [3.8, 4) is 5.75 Å². The highest BCUT2D eigenvalue weighted by Crippen LogP contribution is 2.28. The zero-order valence-electron chi connectivity index (χ0n) is 14.5. The first kappa shape index (κ1) is 18.2. The van der Waals surface area contributed by atoms with Gasteiger partial charge < -0.3 is 14.7 Å². The van der Waals surface area contributed by atoms with Gasteiger partial charge in [-0.3, -0.25) is 4.98 Å². The number of hydrogen-bond donors (Lipinski definition) is 1. The Morgan fingerprint density at radius 1 is 1.24 bits per heavy atom. The monoisotopic (exact) mass is 360 g/mol. The topological polar surface area (TPSA) is 45.6 Å². The molecule has 1 saturated carbocycles. The number of nitrogens with zero attached hydrogens (tertiary/aromatic N) is 2. The van der Waals surface area contributed by atoms with E-state index in [1.54, 1.807) is 6.07 Å². The number of aromatic nitrogens is 1. The van der Waals surface area contributed by atoms with Gasteiger partial charge in [0.05, 0.1) is 0 Å². The minimum absolute atomic E-state index is 0.0987. The summed E-state index contributed by atoms with van der Waals surface area (Å²) in [6.07, 6.45) is 4.87. The van der Waals surface area contributed by atoms with E-state index in [0.29, 0.717) is 10.8 Å². The number of likely N-dealkylation sites (N-methyl/N-ethyl adjacent to an activating group) is 1. The quantitative estimate of drug-likeness (QED) is 0.855. The average Bonchev–Trinajstić information content (AvgIpc) is 2.62. The SMILES string of the molecule is CN(CCc1ccccn1)[C@H]1CCC[C@@H](Oc2cccc(Cl)c2)[C@@H]1O. The van der Waals surface area contributed by atoms with E-state index >= 15 is 0 Å². The minimum atomic E-state index is -0.513. The van der Waals surface area contributed by atoms with Crippen LogP contribution in [-0.2, 0) is 6.42 Å². The standard InChI is InChI=1S/C20H25ClN2O2/c1-23(13-11-16-7-2-3-12-22-16)18-9-5-10-19(20(18)24)25-17-8-4-6-15(21)14-17/h2-4,6-8,12,14,18-20,24H,5,9-11,13H2,1H3/t18-,19+,20+/m0/s1. The van der Waals surface area contributed by atoms with Gasteiger partial charge in [0.1, 0.15) is 18.0 Å². The van der Waals surface area contributed by atoms with E-state index in [1.165, 1.54) is 0 Å². The van der Waals surface area contributed by atoms with Crippen molar-refractivity contribution in [2.75, 3.05) is 13.6 Å². The van der Waals surface area contributed by atoms with Crippen molar-refractivity contribution >= 4 is 11.6 Å². The highest BCUT2D eigenvalue weighted by atomic mass is 35.5. The van der Waals surface area contributed by atoms with Crippen LogP contribution in [0.3, 0.4) is 0 Å². The van der Waals surface area contributed by atoms with Crippen LogP contribution in [0.15, 0.2) is 48.7 Å². The summed E-state index contributed by atoms with van der Waals surface area (Å²) in [6, 6.07) is 13.4. The molecule has 25 heavy (non-hydrogen) atoms. The number of pyridine rings is 1. The molecule has 0 amide bonds. The van der Waals surface area contributed by atoms with Crippen LogP contribution >= 0.6 is 11.6 Å². The molecular weight excluding hydrogens is 336 g/mol. The van der Waals surface area contributed by atoms with Gasteiger partial charge in [0, 0.05) is 35.9 Å². The second kappa shape index (κ2) is 8.65. The predicted octanol–water partition coefficient (Wildman–Crippen LogP) is 3.57. The molecule has 1 heterocycles. The van der Waals surface area contributed by atoms with E-state index in [0.717, 1.165) is 37.9 Å². The molecule has 1 aliphatic carbocycles. The summed E-state index contributed by atoms with van der Waals surface area (Å²) < 4.78 is 6.02. The lowest BCUT2D eigenvalue weighted by Gasteiger charge is -2.39. The zero-order chi connectivity index (χ0) is 17.6. The summed E-state index contributed by atoms with van der Waals surface area (Å²) in [4.78, 5) is 6.60. The van der Waals surface area contributed by atoms with Crippen LogP contribution in [0, 0.1) is 0 Å². The summed E-state index contributed by atoms with van der Waals surface area (Å²) >= 11 is 6.02. The van der Waals surface area contributed by atoms with Crippen molar-refractivity contribution in [2.45, 2.75) is 43.9 Å². The molecule has 1 aromatic heterocycles. The van der Waals surface area contributed by atoms with E-state index in [-0.39, 0.29) is 12.1 Å². The van der Waals surface area contributed by atoms with Gasteiger partial charge in [-0.05, 0) is 56.6 Å². The first-order valence-corrected chi connectivity index (χ1v) is 9.22. The number of rotatable bonds is 6. The third-order valence-corrected chi connectivity index (χ3v) is 5.10. The van der Waals surface area contributed by atoms with Crippen LogP contribution in [0.4, 0.5) is 0 Å². The molecule has 2 aromatic rings. The van der Waals surface area contributed by atoms with Crippen LogP contribution in [0.5, 0.6) is 5.75 Å². The summed E-state index contributed by atoms with van der Waals surface area (Å²) in [7, 11) is 2.07. The number of aliphatic hydroxyl groups is 1. The van der Waals surface area contributed by atoms with Gasteiger partial charge in [-0.25, -0.2) is 0 Å². The molecule has 1 aliphatic rings. The van der Waals surface area contributed by atoms with Gasteiger partial charge in [0.15, 0.2) is 0 Å². The molecule has 0 saturated heterocycles. The Balaban J connectivity index is 1.58. The van der Waals surface area contributed by atoms with Crippen molar-refractivity contribution < 1.29 is 9.84 Å². The van der Waals surface area contributed by atoms with Crippen molar-refractivity contribution in [1.82, 2.24) is 9.88 Å². The highest BCUT2D eigenvalue weighted by Gasteiger charge is 2.35. The Kier molecular flexibility index (Phi) is 6.29. The maximum atomic E-state index is 10.8. The molecule has 0 unspecified atom stereocenters. The molecule has 3 rings (SSSR count). The highest BCUT2D eigenvalue weighted by molar-refractivity contribution is 6.30. The van der Waals surface area contributed by atoms with Crippen molar-refractivity contribution in [3.05, 3.63) is 59.4 Å². The second-order valence-corrected chi connectivity index (χ2v) is 7.09. The number of aliphatic hydroxyl groups excluding tert-OH is 1. The van der Waals surface area contributed by atoms with Crippen LogP contribution in [0.2, 0.25) is 5.02 Å². The van der Waals surface area contributed by atoms with Crippen molar-refractivity contribution in [1.29, 1.82) is 0 Å². The van der Waals surface area contributed by atoms with Gasteiger partial charge >= 0.3 is 0 Å². The molecule has 0 bridgehead atoms. The maximum Gasteiger partial charge on any atom is 0.126 e. The minimum Gasteiger partial charge on any atom is -0.488 e. The normalized spacial score (nSPS) is 23.6. The Morgan fingerprint density at radius 2 is 2.12 bits per heavy atom.